The Balaban J connectivity index is 0.000000366. The van der Waals surface area contributed by atoms with Crippen LogP contribution >= 0.6 is 0 Å². The van der Waals surface area contributed by atoms with E-state index in [9.17, 15) is 9.59 Å². The lowest BCUT2D eigenvalue weighted by Crippen LogP contribution is -2.16. The second-order valence-electron chi connectivity index (χ2n) is 4.02. The third-order valence-corrected chi connectivity index (χ3v) is 2.12. The quantitative estimate of drug-likeness (QED) is 0.464. The third kappa shape index (κ3) is 5.70. The molecule has 1 aliphatic rings. The minimum absolute atomic E-state index is 0.176. The fourth-order valence-electron chi connectivity index (χ4n) is 0.743. The van der Waals surface area contributed by atoms with Crippen molar-refractivity contribution in [2.24, 2.45) is 0 Å². The van der Waals surface area contributed by atoms with Crippen molar-refractivity contribution in [3.63, 3.8) is 0 Å². The lowest BCUT2D eigenvalue weighted by Gasteiger charge is -2.10. The summed E-state index contributed by atoms with van der Waals surface area (Å²) in [6.07, 6.45) is 3.49. The van der Waals surface area contributed by atoms with Crippen LogP contribution in [0, 0.1) is 0 Å². The monoisotopic (exact) mass is 238 g/mol. The molecule has 1 saturated carbocycles. The molecule has 0 atom stereocenters. The molecule has 0 bridgehead atoms. The maximum absolute atomic E-state index is 11.0. The van der Waals surface area contributed by atoms with E-state index in [-0.39, 0.29) is 17.1 Å². The van der Waals surface area contributed by atoms with Gasteiger partial charge in [0.1, 0.15) is 5.60 Å². The van der Waals surface area contributed by atoms with E-state index in [1.165, 1.54) is 6.92 Å². The van der Waals surface area contributed by atoms with Gasteiger partial charge in [0.05, 0.1) is 0 Å². The van der Waals surface area contributed by atoms with E-state index in [1.807, 2.05) is 0 Å². The first-order chi connectivity index (χ1) is 7.74. The standard InChI is InChI=1S/C9H12O2.C4H6O2/c1-4-9(5-6-9)11-8(10)7(2)3;1-3(2)4(5)6/h4H,1-2,5-6H2,3H3;1H2,2H3,(H,5,6). The van der Waals surface area contributed by atoms with Gasteiger partial charge in [0.2, 0.25) is 0 Å². The Morgan fingerprint density at radius 1 is 1.24 bits per heavy atom. The number of rotatable bonds is 4. The summed E-state index contributed by atoms with van der Waals surface area (Å²) in [5.41, 5.74) is 0.267. The molecule has 0 saturated heterocycles. The smallest absolute Gasteiger partial charge is 0.333 e. The highest BCUT2D eigenvalue weighted by Crippen LogP contribution is 2.40. The minimum atomic E-state index is -0.935. The van der Waals surface area contributed by atoms with Crippen molar-refractivity contribution < 1.29 is 19.4 Å². The molecule has 17 heavy (non-hydrogen) atoms. The number of ether oxygens (including phenoxy) is 1. The van der Waals surface area contributed by atoms with Crippen molar-refractivity contribution in [2.45, 2.75) is 32.3 Å². The first-order valence-electron chi connectivity index (χ1n) is 5.15. The number of carboxylic acid groups (broad SMARTS) is 1. The molecule has 0 aromatic heterocycles. The summed E-state index contributed by atoms with van der Waals surface area (Å²) in [5, 5.41) is 7.89. The predicted molar refractivity (Wildman–Crippen MR) is 65.5 cm³/mol. The number of carboxylic acids is 1. The second kappa shape index (κ2) is 6.03. The third-order valence-electron chi connectivity index (χ3n) is 2.12. The molecular weight excluding hydrogens is 220 g/mol. The van der Waals surface area contributed by atoms with Crippen molar-refractivity contribution in [3.8, 4) is 0 Å². The molecule has 0 unspecified atom stereocenters. The molecule has 4 heteroatoms. The number of esters is 1. The molecule has 4 nitrogen and oxygen atoms in total. The maximum atomic E-state index is 11.0. The molecule has 94 valence electrons. The molecular formula is C13H18O4. The molecule has 0 amide bonds. The van der Waals surface area contributed by atoms with Crippen molar-refractivity contribution in [3.05, 3.63) is 37.0 Å². The molecule has 1 N–H and O–H groups in total. The van der Waals surface area contributed by atoms with Gasteiger partial charge in [-0.25, -0.2) is 9.59 Å². The average Bonchev–Trinajstić information content (AvgIpc) is 2.99. The van der Waals surface area contributed by atoms with E-state index in [0.29, 0.717) is 5.57 Å². The first kappa shape index (κ1) is 15.2. The second-order valence-corrected chi connectivity index (χ2v) is 4.02. The molecule has 1 fully saturated rings. The summed E-state index contributed by atoms with van der Waals surface area (Å²) >= 11 is 0. The van der Waals surface area contributed by atoms with Gasteiger partial charge in [-0.3, -0.25) is 0 Å². The summed E-state index contributed by atoms with van der Waals surface area (Å²) < 4.78 is 5.10. The van der Waals surface area contributed by atoms with Crippen LogP contribution in [0.15, 0.2) is 37.0 Å². The van der Waals surface area contributed by atoms with Crippen LogP contribution in [0.5, 0.6) is 0 Å². The van der Waals surface area contributed by atoms with Crippen LogP contribution in [0.4, 0.5) is 0 Å². The van der Waals surface area contributed by atoms with Gasteiger partial charge in [0.15, 0.2) is 0 Å². The van der Waals surface area contributed by atoms with Crippen molar-refractivity contribution in [2.75, 3.05) is 0 Å². The van der Waals surface area contributed by atoms with Crippen LogP contribution in [-0.2, 0) is 14.3 Å². The van der Waals surface area contributed by atoms with Crippen LogP contribution in [0.1, 0.15) is 26.7 Å². The first-order valence-corrected chi connectivity index (χ1v) is 5.15. The fourth-order valence-corrected chi connectivity index (χ4v) is 0.743. The summed E-state index contributed by atoms with van der Waals surface area (Å²) in [4.78, 5) is 20.6. The molecule has 0 aliphatic heterocycles. The zero-order chi connectivity index (χ0) is 13.6. The Kier molecular flexibility index (Phi) is 5.38. The van der Waals surface area contributed by atoms with Crippen LogP contribution in [0.2, 0.25) is 0 Å². The average molecular weight is 238 g/mol. The van der Waals surface area contributed by atoms with Gasteiger partial charge in [-0.1, -0.05) is 19.7 Å². The summed E-state index contributed by atoms with van der Waals surface area (Å²) in [6.45, 7) is 13.3. The number of hydrogen-bond acceptors (Lipinski definition) is 3. The topological polar surface area (TPSA) is 63.6 Å². The van der Waals surface area contributed by atoms with Gasteiger partial charge < -0.3 is 9.84 Å². The highest BCUT2D eigenvalue weighted by Gasteiger charge is 2.43. The summed E-state index contributed by atoms with van der Waals surface area (Å²) in [6, 6.07) is 0. The molecule has 0 aromatic carbocycles. The van der Waals surface area contributed by atoms with Gasteiger partial charge in [0, 0.05) is 11.1 Å². The fraction of sp³-hybridized carbons (Fsp3) is 0.385. The van der Waals surface area contributed by atoms with Gasteiger partial charge in [-0.15, -0.1) is 0 Å². The maximum Gasteiger partial charge on any atom is 0.333 e. The van der Waals surface area contributed by atoms with E-state index in [2.05, 4.69) is 19.7 Å². The van der Waals surface area contributed by atoms with E-state index in [0.717, 1.165) is 12.8 Å². The van der Waals surface area contributed by atoms with Crippen molar-refractivity contribution in [1.29, 1.82) is 0 Å². The number of carbonyl (C=O) groups is 2. The predicted octanol–water partition coefficient (Wildman–Crippen LogP) is 2.47. The van der Waals surface area contributed by atoms with Crippen LogP contribution in [0.3, 0.4) is 0 Å². The number of hydrogen-bond donors (Lipinski definition) is 1. The molecule has 0 radical (unpaired) electrons. The normalized spacial score (nSPS) is 14.7. The highest BCUT2D eigenvalue weighted by atomic mass is 16.6. The lowest BCUT2D eigenvalue weighted by molar-refractivity contribution is -0.143. The van der Waals surface area contributed by atoms with Gasteiger partial charge in [0.25, 0.3) is 0 Å². The van der Waals surface area contributed by atoms with Crippen LogP contribution in [-0.4, -0.2) is 22.6 Å². The summed E-state index contributed by atoms with van der Waals surface area (Å²) in [7, 11) is 0. The lowest BCUT2D eigenvalue weighted by atomic mass is 10.3. The van der Waals surface area contributed by atoms with Crippen LogP contribution < -0.4 is 0 Å². The van der Waals surface area contributed by atoms with E-state index >= 15 is 0 Å². The molecule has 0 heterocycles. The van der Waals surface area contributed by atoms with E-state index in [4.69, 9.17) is 9.84 Å². The van der Waals surface area contributed by atoms with E-state index < -0.39 is 5.97 Å². The Labute approximate surface area is 101 Å². The zero-order valence-corrected chi connectivity index (χ0v) is 10.3. The zero-order valence-electron chi connectivity index (χ0n) is 10.3. The Bertz CT molecular complexity index is 350. The largest absolute Gasteiger partial charge is 0.478 e. The molecule has 1 rings (SSSR count). The summed E-state index contributed by atoms with van der Waals surface area (Å²) in [5.74, 6) is -1.25. The number of carbonyl (C=O) groups excluding carboxylic acids is 1. The van der Waals surface area contributed by atoms with Crippen molar-refractivity contribution in [1.82, 2.24) is 0 Å². The molecule has 0 aromatic rings. The van der Waals surface area contributed by atoms with Gasteiger partial charge >= 0.3 is 11.9 Å². The number of aliphatic carboxylic acids is 1. The van der Waals surface area contributed by atoms with E-state index in [1.54, 1.807) is 13.0 Å². The SMILES string of the molecule is C=C(C)C(=O)O.C=CC1(OC(=O)C(=C)C)CC1. The highest BCUT2D eigenvalue weighted by molar-refractivity contribution is 5.87. The Morgan fingerprint density at radius 3 is 1.82 bits per heavy atom. The van der Waals surface area contributed by atoms with Gasteiger partial charge in [-0.05, 0) is 32.8 Å². The minimum Gasteiger partial charge on any atom is -0.478 e. The molecule has 1 aliphatic carbocycles. The van der Waals surface area contributed by atoms with Crippen LogP contribution in [0.25, 0.3) is 0 Å². The Hall–Kier alpha value is -1.84. The Morgan fingerprint density at radius 2 is 1.65 bits per heavy atom. The van der Waals surface area contributed by atoms with Crippen molar-refractivity contribution >= 4 is 11.9 Å². The molecule has 0 spiro atoms. The van der Waals surface area contributed by atoms with Gasteiger partial charge in [-0.2, -0.15) is 0 Å².